The minimum absolute atomic E-state index is 0.146. The Bertz CT molecular complexity index is 924. The lowest BCUT2D eigenvalue weighted by Gasteiger charge is -2.21. The van der Waals surface area contributed by atoms with Crippen LogP contribution in [0.1, 0.15) is 33.5 Å². The Labute approximate surface area is 157 Å². The minimum atomic E-state index is -3.33. The summed E-state index contributed by atoms with van der Waals surface area (Å²) in [6.45, 7) is 2.65. The number of benzene rings is 1. The number of methoxy groups -OCH3 is 1. The zero-order valence-electron chi connectivity index (χ0n) is 14.9. The third-order valence-corrected chi connectivity index (χ3v) is 6.29. The number of hydrogen-bond donors (Lipinski definition) is 1. The molecule has 3 rings (SSSR count). The van der Waals surface area contributed by atoms with Crippen molar-refractivity contribution in [2.75, 3.05) is 17.7 Å². The molecule has 26 heavy (non-hydrogen) atoms. The van der Waals surface area contributed by atoms with Crippen LogP contribution in [-0.4, -0.2) is 38.7 Å². The second-order valence-electron chi connectivity index (χ2n) is 6.30. The van der Waals surface area contributed by atoms with Crippen molar-refractivity contribution in [3.8, 4) is 0 Å². The van der Waals surface area contributed by atoms with Crippen molar-refractivity contribution in [1.29, 1.82) is 0 Å². The molecule has 1 N–H and O–H groups in total. The van der Waals surface area contributed by atoms with Gasteiger partial charge in [-0.2, -0.15) is 0 Å². The molecule has 0 radical (unpaired) electrons. The van der Waals surface area contributed by atoms with Gasteiger partial charge in [0.2, 0.25) is 10.0 Å². The molecule has 1 atom stereocenters. The topological polar surface area (TPSA) is 88.6 Å². The van der Waals surface area contributed by atoms with E-state index in [1.165, 1.54) is 21.9 Å². The number of sulfonamides is 1. The molecule has 2 heterocycles. The minimum Gasteiger partial charge on any atom is -0.378 e. The van der Waals surface area contributed by atoms with Crippen molar-refractivity contribution < 1.29 is 17.9 Å². The largest absolute Gasteiger partial charge is 0.378 e. The van der Waals surface area contributed by atoms with E-state index >= 15 is 0 Å². The molecule has 1 amide bonds. The molecule has 1 aliphatic rings. The quantitative estimate of drug-likeness (QED) is 0.807. The second kappa shape index (κ2) is 7.34. The molecule has 0 fully saturated rings. The Morgan fingerprint density at radius 2 is 2.23 bits per heavy atom. The molecule has 0 saturated heterocycles. The highest BCUT2D eigenvalue weighted by atomic mass is 32.2. The fraction of sp³-hybridized carbons (Fsp3) is 0.412. The maximum Gasteiger partial charge on any atom is 0.251 e. The van der Waals surface area contributed by atoms with Crippen molar-refractivity contribution in [2.24, 2.45) is 0 Å². The van der Waals surface area contributed by atoms with Gasteiger partial charge in [-0.15, -0.1) is 11.3 Å². The molecule has 0 saturated carbocycles. The van der Waals surface area contributed by atoms with E-state index in [4.69, 9.17) is 4.74 Å². The zero-order valence-corrected chi connectivity index (χ0v) is 16.5. The van der Waals surface area contributed by atoms with Crippen molar-refractivity contribution in [1.82, 2.24) is 10.3 Å². The lowest BCUT2D eigenvalue weighted by molar-refractivity contribution is 0.0950. The van der Waals surface area contributed by atoms with E-state index in [1.54, 1.807) is 25.3 Å². The Morgan fingerprint density at radius 1 is 1.46 bits per heavy atom. The number of anilines is 1. The SMILES string of the molecule is COCc1nc(CNC(=O)c2ccc3c(c2)CC(C)N3S(C)(=O)=O)cs1. The summed E-state index contributed by atoms with van der Waals surface area (Å²) in [6.07, 6.45) is 1.79. The zero-order chi connectivity index (χ0) is 18.9. The van der Waals surface area contributed by atoms with Gasteiger partial charge < -0.3 is 10.1 Å². The van der Waals surface area contributed by atoms with E-state index < -0.39 is 10.0 Å². The van der Waals surface area contributed by atoms with E-state index in [0.717, 1.165) is 16.3 Å². The number of amides is 1. The van der Waals surface area contributed by atoms with Crippen LogP contribution in [0.15, 0.2) is 23.6 Å². The van der Waals surface area contributed by atoms with Crippen molar-refractivity contribution >= 4 is 33.0 Å². The van der Waals surface area contributed by atoms with Crippen LogP contribution in [0, 0.1) is 0 Å². The molecule has 9 heteroatoms. The molecule has 0 aliphatic carbocycles. The number of fused-ring (bicyclic) bond motifs is 1. The molecular formula is C17H21N3O4S2. The van der Waals surface area contributed by atoms with Crippen LogP contribution in [-0.2, 0) is 34.3 Å². The highest BCUT2D eigenvalue weighted by molar-refractivity contribution is 7.92. The number of carbonyl (C=O) groups is 1. The maximum absolute atomic E-state index is 12.4. The highest BCUT2D eigenvalue weighted by Gasteiger charge is 2.32. The summed E-state index contributed by atoms with van der Waals surface area (Å²) in [6, 6.07) is 4.98. The molecule has 1 aromatic carbocycles. The van der Waals surface area contributed by atoms with E-state index in [0.29, 0.717) is 30.8 Å². The lowest BCUT2D eigenvalue weighted by Crippen LogP contribution is -2.34. The second-order valence-corrected chi connectivity index (χ2v) is 9.11. The number of thiazole rings is 1. The predicted octanol–water partition coefficient (Wildman–Crippen LogP) is 1.93. The molecule has 0 bridgehead atoms. The monoisotopic (exact) mass is 395 g/mol. The number of rotatable bonds is 6. The summed E-state index contributed by atoms with van der Waals surface area (Å²) in [5.41, 5.74) is 2.82. The first kappa shape index (κ1) is 18.8. The summed E-state index contributed by atoms with van der Waals surface area (Å²) in [5, 5.41) is 5.60. The van der Waals surface area contributed by atoms with Crippen LogP contribution in [0.5, 0.6) is 0 Å². The van der Waals surface area contributed by atoms with Gasteiger partial charge in [0.1, 0.15) is 5.01 Å². The van der Waals surface area contributed by atoms with Gasteiger partial charge in [-0.1, -0.05) is 0 Å². The molecule has 140 valence electrons. The van der Waals surface area contributed by atoms with Gasteiger partial charge in [0.25, 0.3) is 5.91 Å². The van der Waals surface area contributed by atoms with Gasteiger partial charge in [-0.25, -0.2) is 13.4 Å². The van der Waals surface area contributed by atoms with E-state index in [1.807, 2.05) is 12.3 Å². The molecule has 1 unspecified atom stereocenters. The lowest BCUT2D eigenvalue weighted by atomic mass is 10.1. The predicted molar refractivity (Wildman–Crippen MR) is 101 cm³/mol. The Balaban J connectivity index is 1.70. The number of carbonyl (C=O) groups excluding carboxylic acids is 1. The Morgan fingerprint density at radius 3 is 2.92 bits per heavy atom. The highest BCUT2D eigenvalue weighted by Crippen LogP contribution is 2.34. The normalized spacial score (nSPS) is 16.6. The fourth-order valence-electron chi connectivity index (χ4n) is 3.14. The first-order valence-electron chi connectivity index (χ1n) is 8.12. The third kappa shape index (κ3) is 3.89. The molecular weight excluding hydrogens is 374 g/mol. The Kier molecular flexibility index (Phi) is 5.31. The van der Waals surface area contributed by atoms with Gasteiger partial charge in [-0.3, -0.25) is 9.10 Å². The molecule has 1 aliphatic heterocycles. The summed E-state index contributed by atoms with van der Waals surface area (Å²) >= 11 is 1.49. The third-order valence-electron chi connectivity index (χ3n) is 4.15. The van der Waals surface area contributed by atoms with Crippen molar-refractivity contribution in [3.63, 3.8) is 0 Å². The molecule has 1 aromatic heterocycles. The van der Waals surface area contributed by atoms with Gasteiger partial charge in [0.05, 0.1) is 30.8 Å². The van der Waals surface area contributed by atoms with Gasteiger partial charge in [0, 0.05) is 24.1 Å². The summed E-state index contributed by atoms with van der Waals surface area (Å²) < 4.78 is 30.4. The van der Waals surface area contributed by atoms with Crippen molar-refractivity contribution in [2.45, 2.75) is 32.5 Å². The molecule has 0 spiro atoms. The molecule has 2 aromatic rings. The maximum atomic E-state index is 12.4. The standard InChI is InChI=1S/C17H21N3O4S2/c1-11-6-13-7-12(4-5-15(13)20(11)26(3,22)23)17(21)18-8-14-10-25-16(19-14)9-24-2/h4-5,7,10-11H,6,8-9H2,1-3H3,(H,18,21). The summed E-state index contributed by atoms with van der Waals surface area (Å²) in [4.78, 5) is 16.8. The van der Waals surface area contributed by atoms with E-state index in [9.17, 15) is 13.2 Å². The Hall–Kier alpha value is -1.97. The first-order valence-corrected chi connectivity index (χ1v) is 10.8. The van der Waals surface area contributed by atoms with Crippen LogP contribution >= 0.6 is 11.3 Å². The average Bonchev–Trinajstić information content (AvgIpc) is 3.14. The first-order chi connectivity index (χ1) is 12.3. The number of nitrogens with one attached hydrogen (secondary N) is 1. The number of ether oxygens (including phenoxy) is 1. The van der Waals surface area contributed by atoms with Gasteiger partial charge in [-0.05, 0) is 37.1 Å². The van der Waals surface area contributed by atoms with Gasteiger partial charge >= 0.3 is 0 Å². The van der Waals surface area contributed by atoms with Gasteiger partial charge in [0.15, 0.2) is 0 Å². The van der Waals surface area contributed by atoms with Crippen LogP contribution in [0.3, 0.4) is 0 Å². The number of nitrogens with zero attached hydrogens (tertiary/aromatic N) is 2. The number of hydrogen-bond acceptors (Lipinski definition) is 6. The summed E-state index contributed by atoms with van der Waals surface area (Å²) in [7, 11) is -1.72. The van der Waals surface area contributed by atoms with Crippen molar-refractivity contribution in [3.05, 3.63) is 45.4 Å². The van der Waals surface area contributed by atoms with E-state index in [2.05, 4.69) is 10.3 Å². The molecule has 7 nitrogen and oxygen atoms in total. The van der Waals surface area contributed by atoms with E-state index in [-0.39, 0.29) is 11.9 Å². The fourth-order valence-corrected chi connectivity index (χ4v) is 5.17. The van der Waals surface area contributed by atoms with Crippen LogP contribution in [0.4, 0.5) is 5.69 Å². The van der Waals surface area contributed by atoms with Crippen LogP contribution in [0.25, 0.3) is 0 Å². The van der Waals surface area contributed by atoms with Crippen LogP contribution < -0.4 is 9.62 Å². The number of aromatic nitrogens is 1. The average molecular weight is 396 g/mol. The smallest absolute Gasteiger partial charge is 0.251 e. The summed E-state index contributed by atoms with van der Waals surface area (Å²) in [5.74, 6) is -0.209. The van der Waals surface area contributed by atoms with Crippen LogP contribution in [0.2, 0.25) is 0 Å².